The summed E-state index contributed by atoms with van der Waals surface area (Å²) in [6.07, 6.45) is 3.67. The number of thiazole rings is 1. The van der Waals surface area contributed by atoms with E-state index in [1.165, 1.54) is 28.1 Å². The Morgan fingerprint density at radius 1 is 1.29 bits per heavy atom. The molecule has 2 N–H and O–H groups in total. The second-order valence-electron chi connectivity index (χ2n) is 7.11. The van der Waals surface area contributed by atoms with E-state index in [9.17, 15) is 12.8 Å². The molecule has 1 saturated heterocycles. The van der Waals surface area contributed by atoms with Crippen LogP contribution >= 0.6 is 11.3 Å². The summed E-state index contributed by atoms with van der Waals surface area (Å²) in [6, 6.07) is 0.0372. The summed E-state index contributed by atoms with van der Waals surface area (Å²) in [7, 11) is -1.39. The molecule has 1 aliphatic heterocycles. The maximum atomic E-state index is 14.5. The largest absolute Gasteiger partial charge is 0.365 e. The second-order valence-corrected chi connectivity index (χ2v) is 10.1. The summed E-state index contributed by atoms with van der Waals surface area (Å²) in [5, 5.41) is 6.93. The molecule has 154 valence electrons. The maximum Gasteiger partial charge on any atom is 0.223 e. The van der Waals surface area contributed by atoms with E-state index >= 15 is 0 Å². The third kappa shape index (κ3) is 4.58. The molecule has 0 atom stereocenters. The minimum absolute atomic E-state index is 0.0372. The third-order valence-electron chi connectivity index (χ3n) is 4.63. The average Bonchev–Trinajstić information content (AvgIpc) is 3.07. The van der Waals surface area contributed by atoms with Crippen molar-refractivity contribution >= 4 is 32.4 Å². The van der Waals surface area contributed by atoms with Gasteiger partial charge in [-0.1, -0.05) is 25.2 Å². The highest BCUT2D eigenvalue weighted by Crippen LogP contribution is 2.37. The van der Waals surface area contributed by atoms with Gasteiger partial charge in [0.2, 0.25) is 16.0 Å². The minimum atomic E-state index is -3.17. The van der Waals surface area contributed by atoms with Gasteiger partial charge >= 0.3 is 0 Å². The van der Waals surface area contributed by atoms with E-state index in [2.05, 4.69) is 25.6 Å². The predicted molar refractivity (Wildman–Crippen MR) is 110 cm³/mol. The summed E-state index contributed by atoms with van der Waals surface area (Å²) < 4.78 is 39.2. The van der Waals surface area contributed by atoms with Gasteiger partial charge in [0.15, 0.2) is 10.9 Å². The SMILES string of the molecule is CNc1nc(C(C)C)c(-c2nc(NC3CCN(S(C)(=O)=O)CC3)ncc2F)s1. The molecule has 1 aliphatic rings. The number of hydrogen-bond acceptors (Lipinski definition) is 8. The fraction of sp³-hybridized carbons (Fsp3) is 0.588. The zero-order valence-corrected chi connectivity index (χ0v) is 18.0. The lowest BCUT2D eigenvalue weighted by Crippen LogP contribution is -2.42. The molecule has 8 nitrogen and oxygen atoms in total. The van der Waals surface area contributed by atoms with Gasteiger partial charge in [0.1, 0.15) is 5.69 Å². The van der Waals surface area contributed by atoms with Crippen molar-refractivity contribution in [1.82, 2.24) is 19.3 Å². The van der Waals surface area contributed by atoms with Crippen LogP contribution in [0.4, 0.5) is 15.5 Å². The van der Waals surface area contributed by atoms with Crippen molar-refractivity contribution in [2.45, 2.75) is 38.6 Å². The van der Waals surface area contributed by atoms with Crippen LogP contribution in [0.2, 0.25) is 0 Å². The molecule has 1 fully saturated rings. The van der Waals surface area contributed by atoms with E-state index in [0.717, 1.165) is 5.69 Å². The minimum Gasteiger partial charge on any atom is -0.365 e. The van der Waals surface area contributed by atoms with Gasteiger partial charge in [-0.15, -0.1) is 0 Å². The summed E-state index contributed by atoms with van der Waals surface area (Å²) in [6.45, 7) is 4.91. The number of nitrogens with zero attached hydrogens (tertiary/aromatic N) is 4. The van der Waals surface area contributed by atoms with Crippen molar-refractivity contribution in [3.63, 3.8) is 0 Å². The molecule has 0 amide bonds. The molecule has 0 aromatic carbocycles. The van der Waals surface area contributed by atoms with E-state index in [0.29, 0.717) is 41.9 Å². The Hall–Kier alpha value is -1.85. The van der Waals surface area contributed by atoms with Crippen LogP contribution in [0.25, 0.3) is 10.6 Å². The predicted octanol–water partition coefficient (Wildman–Crippen LogP) is 2.74. The summed E-state index contributed by atoms with van der Waals surface area (Å²) in [4.78, 5) is 13.7. The van der Waals surface area contributed by atoms with E-state index in [-0.39, 0.29) is 17.7 Å². The van der Waals surface area contributed by atoms with Gasteiger partial charge < -0.3 is 10.6 Å². The Morgan fingerprint density at radius 3 is 2.54 bits per heavy atom. The molecule has 0 unspecified atom stereocenters. The number of anilines is 2. The van der Waals surface area contributed by atoms with Crippen LogP contribution in [0.1, 0.15) is 38.3 Å². The van der Waals surface area contributed by atoms with Gasteiger partial charge in [-0.3, -0.25) is 0 Å². The molecule has 2 aromatic heterocycles. The highest BCUT2D eigenvalue weighted by molar-refractivity contribution is 7.88. The molecular weight excluding hydrogens is 403 g/mol. The first-order valence-corrected chi connectivity index (χ1v) is 11.8. The summed E-state index contributed by atoms with van der Waals surface area (Å²) in [5.74, 6) is -0.0339. The molecule has 28 heavy (non-hydrogen) atoms. The summed E-state index contributed by atoms with van der Waals surface area (Å²) >= 11 is 1.36. The Bertz CT molecular complexity index is 939. The second kappa shape index (κ2) is 8.26. The Kier molecular flexibility index (Phi) is 6.15. The molecule has 2 aromatic rings. The van der Waals surface area contributed by atoms with Crippen LogP contribution in [0, 0.1) is 5.82 Å². The van der Waals surface area contributed by atoms with Crippen molar-refractivity contribution in [1.29, 1.82) is 0 Å². The highest BCUT2D eigenvalue weighted by atomic mass is 32.2. The quantitative estimate of drug-likeness (QED) is 0.730. The number of halogens is 1. The van der Waals surface area contributed by atoms with Crippen LogP contribution in [0.3, 0.4) is 0 Å². The Labute approximate surface area is 168 Å². The number of piperidine rings is 1. The van der Waals surface area contributed by atoms with E-state index in [1.807, 2.05) is 13.8 Å². The standard InChI is InChI=1S/C17H25FN6O2S2/c1-10(2)13-15(27-17(19-3)23-13)14-12(18)9-20-16(22-14)21-11-5-7-24(8-6-11)28(4,25)26/h9-11H,5-8H2,1-4H3,(H,19,23)(H,20,21,22). The summed E-state index contributed by atoms with van der Waals surface area (Å²) in [5.41, 5.74) is 1.02. The van der Waals surface area contributed by atoms with Gasteiger partial charge in [-0.25, -0.2) is 32.1 Å². The van der Waals surface area contributed by atoms with Gasteiger partial charge in [-0.2, -0.15) is 0 Å². The van der Waals surface area contributed by atoms with Crippen LogP contribution in [0.15, 0.2) is 6.20 Å². The Morgan fingerprint density at radius 2 is 1.96 bits per heavy atom. The molecule has 0 radical (unpaired) electrons. The number of aromatic nitrogens is 3. The van der Waals surface area contributed by atoms with Crippen molar-refractivity contribution in [2.24, 2.45) is 0 Å². The first-order chi connectivity index (χ1) is 13.2. The van der Waals surface area contributed by atoms with E-state index < -0.39 is 15.8 Å². The van der Waals surface area contributed by atoms with E-state index in [4.69, 9.17) is 0 Å². The molecular formula is C17H25FN6O2S2. The van der Waals surface area contributed by atoms with Gasteiger partial charge in [-0.05, 0) is 18.8 Å². The monoisotopic (exact) mass is 428 g/mol. The van der Waals surface area contributed by atoms with Crippen molar-refractivity contribution in [2.75, 3.05) is 37.0 Å². The molecule has 0 spiro atoms. The lowest BCUT2D eigenvalue weighted by molar-refractivity contribution is 0.331. The van der Waals surface area contributed by atoms with Crippen LogP contribution in [-0.4, -0.2) is 60.1 Å². The average molecular weight is 429 g/mol. The molecule has 3 heterocycles. The topological polar surface area (TPSA) is 100 Å². The van der Waals surface area contributed by atoms with Crippen molar-refractivity contribution in [3.8, 4) is 10.6 Å². The van der Waals surface area contributed by atoms with Gasteiger partial charge in [0, 0.05) is 26.2 Å². The van der Waals surface area contributed by atoms with E-state index in [1.54, 1.807) is 7.05 Å². The zero-order chi connectivity index (χ0) is 20.5. The molecule has 0 aliphatic carbocycles. The first kappa shape index (κ1) is 20.9. The number of sulfonamides is 1. The fourth-order valence-electron chi connectivity index (χ4n) is 3.11. The number of rotatable bonds is 6. The smallest absolute Gasteiger partial charge is 0.223 e. The van der Waals surface area contributed by atoms with Gasteiger partial charge in [0.25, 0.3) is 0 Å². The maximum absolute atomic E-state index is 14.5. The Balaban J connectivity index is 1.81. The zero-order valence-electron chi connectivity index (χ0n) is 16.4. The molecule has 11 heteroatoms. The van der Waals surface area contributed by atoms with Crippen LogP contribution < -0.4 is 10.6 Å². The first-order valence-electron chi connectivity index (χ1n) is 9.12. The van der Waals surface area contributed by atoms with Gasteiger partial charge in [0.05, 0.1) is 23.0 Å². The van der Waals surface area contributed by atoms with Crippen molar-refractivity contribution < 1.29 is 12.8 Å². The molecule has 0 saturated carbocycles. The van der Waals surface area contributed by atoms with Crippen LogP contribution in [-0.2, 0) is 10.0 Å². The highest BCUT2D eigenvalue weighted by Gasteiger charge is 2.26. The lowest BCUT2D eigenvalue weighted by Gasteiger charge is -2.30. The molecule has 3 rings (SSSR count). The van der Waals surface area contributed by atoms with Crippen LogP contribution in [0.5, 0.6) is 0 Å². The normalized spacial score (nSPS) is 16.5. The fourth-order valence-corrected chi connectivity index (χ4v) is 5.05. The van der Waals surface area contributed by atoms with Crippen molar-refractivity contribution in [3.05, 3.63) is 17.7 Å². The number of nitrogens with one attached hydrogen (secondary N) is 2. The number of hydrogen-bond donors (Lipinski definition) is 2. The molecule has 0 bridgehead atoms. The lowest BCUT2D eigenvalue weighted by atomic mass is 10.1. The third-order valence-corrected chi connectivity index (χ3v) is 7.03.